The first-order valence-corrected chi connectivity index (χ1v) is 6.90. The van der Waals surface area contributed by atoms with Gasteiger partial charge in [-0.2, -0.15) is 0 Å². The molecule has 0 amide bonds. The van der Waals surface area contributed by atoms with Crippen molar-refractivity contribution in [1.29, 1.82) is 0 Å². The number of allylic oxidation sites excluding steroid dienone is 1. The second-order valence-electron chi connectivity index (χ2n) is 5.03. The molecule has 0 spiro atoms. The molecule has 1 N–H and O–H groups in total. The zero-order valence-electron chi connectivity index (χ0n) is 11.1. The van der Waals surface area contributed by atoms with Crippen LogP contribution in [0.3, 0.4) is 0 Å². The molecule has 0 saturated carbocycles. The molecule has 1 nitrogen and oxygen atoms in total. The first-order chi connectivity index (χ1) is 9.40. The molecule has 1 aliphatic heterocycles. The number of hydrogen-bond acceptors (Lipinski definition) is 1. The molecule has 0 radical (unpaired) electrons. The van der Waals surface area contributed by atoms with E-state index in [1.807, 2.05) is 6.08 Å². The first-order valence-electron chi connectivity index (χ1n) is 6.90. The highest BCUT2D eigenvalue weighted by Gasteiger charge is 2.22. The van der Waals surface area contributed by atoms with Crippen LogP contribution in [-0.2, 0) is 12.8 Å². The Kier molecular flexibility index (Phi) is 3.47. The fourth-order valence-corrected chi connectivity index (χ4v) is 2.94. The van der Waals surface area contributed by atoms with E-state index in [1.54, 1.807) is 0 Å². The van der Waals surface area contributed by atoms with Crippen LogP contribution in [0.4, 0.5) is 0 Å². The first kappa shape index (κ1) is 12.2. The summed E-state index contributed by atoms with van der Waals surface area (Å²) in [5, 5.41) is 3.66. The smallest absolute Gasteiger partial charge is 0.0582 e. The van der Waals surface area contributed by atoms with Gasteiger partial charge in [-0.25, -0.2) is 0 Å². The highest BCUT2D eigenvalue weighted by Crippen LogP contribution is 2.30. The fraction of sp³-hybridized carbons (Fsp3) is 0.222. The second kappa shape index (κ2) is 5.41. The topological polar surface area (TPSA) is 12.0 Å². The van der Waals surface area contributed by atoms with Gasteiger partial charge in [-0.15, -0.1) is 6.58 Å². The van der Waals surface area contributed by atoms with Gasteiger partial charge in [0.05, 0.1) is 6.04 Å². The van der Waals surface area contributed by atoms with Crippen LogP contribution in [0.2, 0.25) is 0 Å². The Morgan fingerprint density at radius 3 is 2.63 bits per heavy atom. The molecule has 2 aromatic rings. The normalized spacial score (nSPS) is 17.8. The molecule has 3 rings (SSSR count). The summed E-state index contributed by atoms with van der Waals surface area (Å²) in [5.74, 6) is 0. The Balaban J connectivity index is 2.06. The SMILES string of the molecule is C=CCc1ccccc1C1NCCc2ccccc21. The van der Waals surface area contributed by atoms with Gasteiger partial charge in [0, 0.05) is 6.54 Å². The molecule has 1 unspecified atom stereocenters. The number of nitrogens with one attached hydrogen (secondary N) is 1. The predicted octanol–water partition coefficient (Wildman–Crippen LogP) is 3.65. The molecule has 0 saturated heterocycles. The van der Waals surface area contributed by atoms with Crippen molar-refractivity contribution in [2.24, 2.45) is 0 Å². The zero-order valence-corrected chi connectivity index (χ0v) is 11.1. The molecule has 2 aromatic carbocycles. The van der Waals surface area contributed by atoms with Crippen molar-refractivity contribution in [1.82, 2.24) is 5.32 Å². The molecule has 0 fully saturated rings. The maximum Gasteiger partial charge on any atom is 0.0582 e. The van der Waals surface area contributed by atoms with Gasteiger partial charge >= 0.3 is 0 Å². The number of hydrogen-bond donors (Lipinski definition) is 1. The Labute approximate surface area is 115 Å². The molecule has 19 heavy (non-hydrogen) atoms. The molecular weight excluding hydrogens is 230 g/mol. The molecule has 96 valence electrons. The third kappa shape index (κ3) is 2.34. The zero-order chi connectivity index (χ0) is 13.1. The van der Waals surface area contributed by atoms with Crippen molar-refractivity contribution >= 4 is 0 Å². The summed E-state index contributed by atoms with van der Waals surface area (Å²) in [4.78, 5) is 0. The lowest BCUT2D eigenvalue weighted by Crippen LogP contribution is -2.31. The van der Waals surface area contributed by atoms with Crippen LogP contribution in [0.15, 0.2) is 61.2 Å². The Morgan fingerprint density at radius 2 is 1.79 bits per heavy atom. The van der Waals surface area contributed by atoms with Crippen molar-refractivity contribution in [2.75, 3.05) is 6.54 Å². The number of fused-ring (bicyclic) bond motifs is 1. The van der Waals surface area contributed by atoms with Crippen LogP contribution >= 0.6 is 0 Å². The van der Waals surface area contributed by atoms with Crippen molar-refractivity contribution in [3.05, 3.63) is 83.4 Å². The third-order valence-electron chi connectivity index (χ3n) is 3.84. The van der Waals surface area contributed by atoms with E-state index in [9.17, 15) is 0 Å². The van der Waals surface area contributed by atoms with Crippen molar-refractivity contribution in [2.45, 2.75) is 18.9 Å². The summed E-state index contributed by atoms with van der Waals surface area (Å²) in [5.41, 5.74) is 5.64. The molecule has 0 aromatic heterocycles. The fourth-order valence-electron chi connectivity index (χ4n) is 2.94. The van der Waals surface area contributed by atoms with Gasteiger partial charge in [0.25, 0.3) is 0 Å². The monoisotopic (exact) mass is 249 g/mol. The Bertz CT molecular complexity index is 586. The number of benzene rings is 2. The van der Waals surface area contributed by atoms with E-state index in [-0.39, 0.29) is 0 Å². The minimum atomic E-state index is 0.320. The molecule has 1 atom stereocenters. The van der Waals surface area contributed by atoms with E-state index in [4.69, 9.17) is 0 Å². The summed E-state index contributed by atoms with van der Waals surface area (Å²) in [6.07, 6.45) is 4.03. The summed E-state index contributed by atoms with van der Waals surface area (Å²) in [6.45, 7) is 4.91. The lowest BCUT2D eigenvalue weighted by molar-refractivity contribution is 0.565. The molecule has 0 bridgehead atoms. The van der Waals surface area contributed by atoms with Crippen LogP contribution < -0.4 is 5.32 Å². The van der Waals surface area contributed by atoms with Crippen LogP contribution in [0.1, 0.15) is 28.3 Å². The van der Waals surface area contributed by atoms with Crippen molar-refractivity contribution < 1.29 is 0 Å². The van der Waals surface area contributed by atoms with Gasteiger partial charge < -0.3 is 5.32 Å². The summed E-state index contributed by atoms with van der Waals surface area (Å²) in [7, 11) is 0. The van der Waals surface area contributed by atoms with Crippen LogP contribution in [0.5, 0.6) is 0 Å². The molecule has 0 aliphatic carbocycles. The van der Waals surface area contributed by atoms with Gasteiger partial charge in [-0.3, -0.25) is 0 Å². The minimum Gasteiger partial charge on any atom is -0.306 e. The standard InChI is InChI=1S/C18H19N/c1-2-7-14-8-3-5-10-16(14)18-17-11-6-4-9-15(17)12-13-19-18/h2-6,8-11,18-19H,1,7,12-13H2. The van der Waals surface area contributed by atoms with Gasteiger partial charge in [-0.1, -0.05) is 54.6 Å². The summed E-state index contributed by atoms with van der Waals surface area (Å²) < 4.78 is 0. The van der Waals surface area contributed by atoms with E-state index in [0.717, 1.165) is 19.4 Å². The van der Waals surface area contributed by atoms with Crippen molar-refractivity contribution in [3.63, 3.8) is 0 Å². The van der Waals surface area contributed by atoms with E-state index >= 15 is 0 Å². The van der Waals surface area contributed by atoms with E-state index in [0.29, 0.717) is 6.04 Å². The molecule has 1 heterocycles. The maximum absolute atomic E-state index is 3.87. The number of rotatable bonds is 3. The van der Waals surface area contributed by atoms with Crippen LogP contribution in [-0.4, -0.2) is 6.54 Å². The molecular formula is C18H19N. The summed E-state index contributed by atoms with van der Waals surface area (Å²) in [6, 6.07) is 17.8. The Hall–Kier alpha value is -1.86. The second-order valence-corrected chi connectivity index (χ2v) is 5.03. The van der Waals surface area contributed by atoms with Crippen LogP contribution in [0.25, 0.3) is 0 Å². The van der Waals surface area contributed by atoms with Crippen LogP contribution in [0, 0.1) is 0 Å². The van der Waals surface area contributed by atoms with Gasteiger partial charge in [0.1, 0.15) is 0 Å². The third-order valence-corrected chi connectivity index (χ3v) is 3.84. The summed E-state index contributed by atoms with van der Waals surface area (Å²) >= 11 is 0. The highest BCUT2D eigenvalue weighted by atomic mass is 14.9. The minimum absolute atomic E-state index is 0.320. The molecule has 1 aliphatic rings. The van der Waals surface area contributed by atoms with Gasteiger partial charge in [0.15, 0.2) is 0 Å². The largest absolute Gasteiger partial charge is 0.306 e. The van der Waals surface area contributed by atoms with Gasteiger partial charge in [0.2, 0.25) is 0 Å². The lowest BCUT2D eigenvalue weighted by atomic mass is 9.87. The highest BCUT2D eigenvalue weighted by molar-refractivity contribution is 5.43. The van der Waals surface area contributed by atoms with E-state index in [1.165, 1.54) is 22.3 Å². The van der Waals surface area contributed by atoms with Crippen molar-refractivity contribution in [3.8, 4) is 0 Å². The van der Waals surface area contributed by atoms with Gasteiger partial charge in [-0.05, 0) is 35.1 Å². The lowest BCUT2D eigenvalue weighted by Gasteiger charge is -2.28. The van der Waals surface area contributed by atoms with E-state index in [2.05, 4.69) is 60.4 Å². The Morgan fingerprint density at radius 1 is 1.05 bits per heavy atom. The maximum atomic E-state index is 3.87. The average molecular weight is 249 g/mol. The van der Waals surface area contributed by atoms with E-state index < -0.39 is 0 Å². The average Bonchev–Trinajstić information content (AvgIpc) is 2.48. The predicted molar refractivity (Wildman–Crippen MR) is 80.3 cm³/mol. The molecule has 1 heteroatoms. The quantitative estimate of drug-likeness (QED) is 0.819.